The number of likely N-dealkylation sites (N-methyl/N-ethyl adjacent to an activating group) is 1. The number of hydrogen-bond acceptors (Lipinski definition) is 4. The molecule has 3 aromatic rings. The molecule has 0 unspecified atom stereocenters. The Kier molecular flexibility index (Phi) is 6.33. The molecule has 0 atom stereocenters. The maximum Gasteiger partial charge on any atom is 0.330 e. The maximum absolute atomic E-state index is 12.9. The number of halogens is 1. The molecule has 0 radical (unpaired) electrons. The van der Waals surface area contributed by atoms with E-state index in [4.69, 9.17) is 5.73 Å². The van der Waals surface area contributed by atoms with Crippen molar-refractivity contribution in [1.82, 2.24) is 9.55 Å². The Hall–Kier alpha value is -3.13. The Bertz CT molecular complexity index is 1120. The van der Waals surface area contributed by atoms with Crippen LogP contribution in [0, 0.1) is 0 Å². The van der Waals surface area contributed by atoms with Gasteiger partial charge in [0.05, 0.1) is 13.0 Å². The standard InChI is InChI=1S/C21H21BrN4O3/c1-2-25(17(27)12-14-8-10-16(22)11-9-14)18-19(23)26(21(29)24-20(18)28)13-15-6-4-3-5-7-15/h3-11H,2,12-13,23H2,1H3,(H,24,28,29). The molecule has 0 saturated heterocycles. The van der Waals surface area contributed by atoms with Gasteiger partial charge in [-0.1, -0.05) is 58.4 Å². The van der Waals surface area contributed by atoms with E-state index in [1.807, 2.05) is 54.6 Å². The molecule has 0 fully saturated rings. The summed E-state index contributed by atoms with van der Waals surface area (Å²) in [5.41, 5.74) is 6.56. The van der Waals surface area contributed by atoms with Crippen molar-refractivity contribution in [3.05, 3.63) is 91.0 Å². The van der Waals surface area contributed by atoms with Gasteiger partial charge in [-0.05, 0) is 30.2 Å². The van der Waals surface area contributed by atoms with E-state index < -0.39 is 11.2 Å². The zero-order valence-corrected chi connectivity index (χ0v) is 17.5. The van der Waals surface area contributed by atoms with Crippen LogP contribution in [0.25, 0.3) is 0 Å². The lowest BCUT2D eigenvalue weighted by Crippen LogP contribution is -2.41. The van der Waals surface area contributed by atoms with Crippen molar-refractivity contribution >= 4 is 33.3 Å². The molecular formula is C21H21BrN4O3. The van der Waals surface area contributed by atoms with Gasteiger partial charge in [0.25, 0.3) is 5.56 Å². The monoisotopic (exact) mass is 456 g/mol. The number of aromatic amines is 1. The Morgan fingerprint density at radius 3 is 2.34 bits per heavy atom. The molecular weight excluding hydrogens is 436 g/mol. The van der Waals surface area contributed by atoms with Crippen LogP contribution in [0.4, 0.5) is 11.5 Å². The number of hydrogen-bond donors (Lipinski definition) is 2. The van der Waals surface area contributed by atoms with Crippen LogP contribution >= 0.6 is 15.9 Å². The summed E-state index contributed by atoms with van der Waals surface area (Å²) < 4.78 is 2.18. The van der Waals surface area contributed by atoms with Gasteiger partial charge in [0.2, 0.25) is 5.91 Å². The molecule has 1 amide bonds. The van der Waals surface area contributed by atoms with Crippen molar-refractivity contribution in [3.8, 4) is 0 Å². The number of anilines is 2. The zero-order valence-electron chi connectivity index (χ0n) is 15.9. The van der Waals surface area contributed by atoms with E-state index in [0.29, 0.717) is 0 Å². The summed E-state index contributed by atoms with van der Waals surface area (Å²) in [6.45, 7) is 2.19. The third-order valence-electron chi connectivity index (χ3n) is 4.55. The fraction of sp³-hybridized carbons (Fsp3) is 0.190. The van der Waals surface area contributed by atoms with Gasteiger partial charge >= 0.3 is 5.69 Å². The molecule has 3 rings (SSSR count). The number of carbonyl (C=O) groups is 1. The lowest BCUT2D eigenvalue weighted by Gasteiger charge is -2.23. The molecule has 0 aliphatic rings. The van der Waals surface area contributed by atoms with Crippen LogP contribution in [0.1, 0.15) is 18.1 Å². The van der Waals surface area contributed by atoms with Crippen LogP contribution < -0.4 is 21.9 Å². The number of H-pyrrole nitrogens is 1. The minimum absolute atomic E-state index is 0.00913. The van der Waals surface area contributed by atoms with E-state index in [9.17, 15) is 14.4 Å². The first-order valence-electron chi connectivity index (χ1n) is 9.12. The van der Waals surface area contributed by atoms with Gasteiger partial charge in [-0.25, -0.2) is 4.79 Å². The number of rotatable bonds is 6. The fourth-order valence-corrected chi connectivity index (χ4v) is 3.36. The van der Waals surface area contributed by atoms with Crippen molar-refractivity contribution in [2.75, 3.05) is 17.2 Å². The highest BCUT2D eigenvalue weighted by Crippen LogP contribution is 2.19. The Morgan fingerprint density at radius 2 is 1.72 bits per heavy atom. The first-order chi connectivity index (χ1) is 13.9. The summed E-state index contributed by atoms with van der Waals surface area (Å²) in [4.78, 5) is 41.4. The van der Waals surface area contributed by atoms with Crippen molar-refractivity contribution in [2.24, 2.45) is 0 Å². The first kappa shape index (κ1) is 20.6. The highest BCUT2D eigenvalue weighted by atomic mass is 79.9. The largest absolute Gasteiger partial charge is 0.383 e. The Morgan fingerprint density at radius 1 is 1.07 bits per heavy atom. The molecule has 150 valence electrons. The predicted octanol–water partition coefficient (Wildman–Crippen LogP) is 2.53. The van der Waals surface area contributed by atoms with Gasteiger partial charge in [0.1, 0.15) is 5.82 Å². The molecule has 29 heavy (non-hydrogen) atoms. The fourth-order valence-electron chi connectivity index (χ4n) is 3.09. The van der Waals surface area contributed by atoms with Gasteiger partial charge in [0.15, 0.2) is 5.69 Å². The molecule has 3 N–H and O–H groups in total. The second kappa shape index (κ2) is 8.91. The van der Waals surface area contributed by atoms with E-state index in [0.717, 1.165) is 15.6 Å². The third kappa shape index (κ3) is 4.65. The molecule has 1 aromatic heterocycles. The second-order valence-electron chi connectivity index (χ2n) is 6.51. The van der Waals surface area contributed by atoms with Gasteiger partial charge in [-0.15, -0.1) is 0 Å². The summed E-state index contributed by atoms with van der Waals surface area (Å²) in [5, 5.41) is 0. The van der Waals surface area contributed by atoms with Crippen LogP contribution in [0.5, 0.6) is 0 Å². The Balaban J connectivity index is 1.97. The summed E-state index contributed by atoms with van der Waals surface area (Å²) in [5.74, 6) is -0.314. The molecule has 0 saturated carbocycles. The summed E-state index contributed by atoms with van der Waals surface area (Å²) in [6, 6.07) is 16.6. The normalized spacial score (nSPS) is 10.7. The minimum atomic E-state index is -0.678. The smallest absolute Gasteiger partial charge is 0.330 e. The minimum Gasteiger partial charge on any atom is -0.383 e. The molecule has 1 heterocycles. The number of aromatic nitrogens is 2. The maximum atomic E-state index is 12.9. The molecule has 0 aliphatic carbocycles. The van der Waals surface area contributed by atoms with Crippen molar-refractivity contribution in [1.29, 1.82) is 0 Å². The zero-order chi connectivity index (χ0) is 21.0. The van der Waals surface area contributed by atoms with Crippen LogP contribution in [-0.4, -0.2) is 22.0 Å². The van der Waals surface area contributed by atoms with Crippen LogP contribution in [-0.2, 0) is 17.8 Å². The van der Waals surface area contributed by atoms with Crippen molar-refractivity contribution in [2.45, 2.75) is 19.9 Å². The van der Waals surface area contributed by atoms with Gasteiger partial charge in [0, 0.05) is 11.0 Å². The molecule has 8 heteroatoms. The summed E-state index contributed by atoms with van der Waals surface area (Å²) >= 11 is 3.36. The first-order valence-corrected chi connectivity index (χ1v) is 9.91. The van der Waals surface area contributed by atoms with E-state index in [1.165, 1.54) is 9.47 Å². The molecule has 0 bridgehead atoms. The predicted molar refractivity (Wildman–Crippen MR) is 117 cm³/mol. The van der Waals surface area contributed by atoms with E-state index in [-0.39, 0.29) is 36.9 Å². The summed E-state index contributed by atoms with van der Waals surface area (Å²) in [6.07, 6.45) is 0.109. The highest BCUT2D eigenvalue weighted by molar-refractivity contribution is 9.10. The molecule has 2 aromatic carbocycles. The van der Waals surface area contributed by atoms with Gasteiger partial charge in [-0.2, -0.15) is 0 Å². The average molecular weight is 457 g/mol. The van der Waals surface area contributed by atoms with E-state index in [1.54, 1.807) is 6.92 Å². The molecule has 0 aliphatic heterocycles. The van der Waals surface area contributed by atoms with Gasteiger partial charge < -0.3 is 10.6 Å². The number of nitrogens with two attached hydrogens (primary N) is 1. The van der Waals surface area contributed by atoms with Crippen LogP contribution in [0.2, 0.25) is 0 Å². The number of carbonyl (C=O) groups excluding carboxylic acids is 1. The lowest BCUT2D eigenvalue weighted by atomic mass is 10.1. The quantitative estimate of drug-likeness (QED) is 0.594. The van der Waals surface area contributed by atoms with Crippen LogP contribution in [0.15, 0.2) is 68.7 Å². The second-order valence-corrected chi connectivity index (χ2v) is 7.42. The lowest BCUT2D eigenvalue weighted by molar-refractivity contribution is -0.117. The molecule has 0 spiro atoms. The third-order valence-corrected chi connectivity index (χ3v) is 5.08. The van der Waals surface area contributed by atoms with Gasteiger partial charge in [-0.3, -0.25) is 19.1 Å². The van der Waals surface area contributed by atoms with Crippen LogP contribution in [0.3, 0.4) is 0 Å². The highest BCUT2D eigenvalue weighted by Gasteiger charge is 2.23. The van der Waals surface area contributed by atoms with Crippen molar-refractivity contribution in [3.63, 3.8) is 0 Å². The number of nitrogens with one attached hydrogen (secondary N) is 1. The van der Waals surface area contributed by atoms with E-state index >= 15 is 0 Å². The topological polar surface area (TPSA) is 101 Å². The molecule has 7 nitrogen and oxygen atoms in total. The number of amides is 1. The van der Waals surface area contributed by atoms with E-state index in [2.05, 4.69) is 20.9 Å². The van der Waals surface area contributed by atoms with Crippen molar-refractivity contribution < 1.29 is 4.79 Å². The number of nitrogens with zero attached hydrogens (tertiary/aromatic N) is 2. The average Bonchev–Trinajstić information content (AvgIpc) is 2.70. The Labute approximate surface area is 175 Å². The number of benzene rings is 2. The summed E-state index contributed by atoms with van der Waals surface area (Å²) in [7, 11) is 0. The number of nitrogen functional groups attached to an aromatic ring is 1. The SMILES string of the molecule is CCN(C(=O)Cc1ccc(Br)cc1)c1c(N)n(Cc2ccccc2)c(=O)[nH]c1=O.